The topological polar surface area (TPSA) is 87.0 Å². The Morgan fingerprint density at radius 2 is 1.85 bits per heavy atom. The number of hydrogen-bond donors (Lipinski definition) is 3. The Bertz CT molecular complexity index is 205. The van der Waals surface area contributed by atoms with Crippen LogP contribution in [0.3, 0.4) is 0 Å². The molecule has 1 aliphatic rings. The number of hydrogen-bond acceptors (Lipinski definition) is 5. The molecule has 5 nitrogen and oxygen atoms in total. The second-order valence-electron chi connectivity index (χ2n) is 3.17. The molecule has 0 spiro atoms. The highest BCUT2D eigenvalue weighted by molar-refractivity contribution is 5.89. The van der Waals surface area contributed by atoms with Gasteiger partial charge in [0.05, 0.1) is 6.10 Å². The maximum atomic E-state index is 10.9. The number of aliphatic hydroxyl groups excluding tert-OH is 3. The largest absolute Gasteiger partial charge is 0.388 e. The molecule has 1 saturated heterocycles. The summed E-state index contributed by atoms with van der Waals surface area (Å²) in [5.74, 6) is -0.440. The van der Waals surface area contributed by atoms with Gasteiger partial charge in [0.1, 0.15) is 18.3 Å². The minimum atomic E-state index is -1.43. The van der Waals surface area contributed by atoms with Crippen LogP contribution in [0.4, 0.5) is 0 Å². The zero-order valence-corrected chi connectivity index (χ0v) is 7.47. The van der Waals surface area contributed by atoms with Crippen molar-refractivity contribution < 1.29 is 24.9 Å². The fraction of sp³-hybridized carbons (Fsp3) is 0.750. The minimum Gasteiger partial charge on any atom is -0.388 e. The molecule has 1 heterocycles. The van der Waals surface area contributed by atoms with Gasteiger partial charge in [0.2, 0.25) is 0 Å². The summed E-state index contributed by atoms with van der Waals surface area (Å²) in [6.07, 6.45) is -4.83. The van der Waals surface area contributed by atoms with E-state index >= 15 is 0 Å². The van der Waals surface area contributed by atoms with Crippen LogP contribution >= 0.6 is 0 Å². The van der Waals surface area contributed by atoms with Gasteiger partial charge in [-0.1, -0.05) is 0 Å². The fourth-order valence-corrected chi connectivity index (χ4v) is 1.25. The van der Waals surface area contributed by atoms with Gasteiger partial charge < -0.3 is 20.1 Å². The third-order valence-electron chi connectivity index (χ3n) is 2.08. The lowest BCUT2D eigenvalue weighted by molar-refractivity contribution is -0.181. The predicted octanol–water partition coefficient (Wildman–Crippen LogP) is -1.39. The first-order chi connectivity index (χ1) is 5.95. The molecule has 1 fully saturated rings. The minimum absolute atomic E-state index is 0.190. The van der Waals surface area contributed by atoms with Gasteiger partial charge in [0.25, 0.3) is 0 Å². The number of carbonyl (C=O) groups excluding carboxylic acids is 1. The van der Waals surface area contributed by atoms with E-state index in [4.69, 9.17) is 4.74 Å². The van der Waals surface area contributed by atoms with Crippen LogP contribution < -0.4 is 0 Å². The van der Waals surface area contributed by atoms with E-state index in [0.717, 1.165) is 0 Å². The van der Waals surface area contributed by atoms with Crippen LogP contribution in [0.25, 0.3) is 0 Å². The van der Waals surface area contributed by atoms with Crippen molar-refractivity contribution in [3.63, 3.8) is 0 Å². The van der Waals surface area contributed by atoms with E-state index < -0.39 is 30.2 Å². The van der Waals surface area contributed by atoms with Crippen molar-refractivity contribution in [1.82, 2.24) is 0 Å². The van der Waals surface area contributed by atoms with Gasteiger partial charge in [-0.15, -0.1) is 0 Å². The molecule has 5 heteroatoms. The summed E-state index contributed by atoms with van der Waals surface area (Å²) in [6, 6.07) is 0. The van der Waals surface area contributed by atoms with Crippen molar-refractivity contribution in [2.45, 2.75) is 38.3 Å². The van der Waals surface area contributed by atoms with Gasteiger partial charge in [0, 0.05) is 0 Å². The molecule has 13 heavy (non-hydrogen) atoms. The van der Waals surface area contributed by atoms with E-state index in [1.165, 1.54) is 13.8 Å². The number of aliphatic hydroxyl groups is 3. The van der Waals surface area contributed by atoms with Crippen molar-refractivity contribution in [1.29, 1.82) is 0 Å². The Labute approximate surface area is 75.9 Å². The normalized spacial score (nSPS) is 41.9. The SMILES string of the molecule is CC(=O)[C]1O[C@H](C)[C@@H](O)[C@H](O)[C@@H]1O. The molecule has 0 aromatic carbocycles. The lowest BCUT2D eigenvalue weighted by Gasteiger charge is -2.37. The quantitative estimate of drug-likeness (QED) is 0.472. The van der Waals surface area contributed by atoms with Gasteiger partial charge in [-0.25, -0.2) is 0 Å². The molecule has 0 amide bonds. The second kappa shape index (κ2) is 3.71. The van der Waals surface area contributed by atoms with Crippen molar-refractivity contribution in [2.24, 2.45) is 0 Å². The Hall–Kier alpha value is -0.490. The van der Waals surface area contributed by atoms with Gasteiger partial charge in [0.15, 0.2) is 11.9 Å². The number of rotatable bonds is 1. The average molecular weight is 189 g/mol. The summed E-state index contributed by atoms with van der Waals surface area (Å²) in [5.41, 5.74) is 0. The molecule has 0 saturated carbocycles. The van der Waals surface area contributed by atoms with Crippen molar-refractivity contribution in [2.75, 3.05) is 0 Å². The molecule has 0 aromatic rings. The number of carbonyl (C=O) groups is 1. The molecular weight excluding hydrogens is 176 g/mol. The Morgan fingerprint density at radius 3 is 2.31 bits per heavy atom. The Balaban J connectivity index is 2.76. The highest BCUT2D eigenvalue weighted by Gasteiger charge is 2.44. The van der Waals surface area contributed by atoms with E-state index in [-0.39, 0.29) is 6.10 Å². The number of ketones is 1. The van der Waals surface area contributed by atoms with Crippen molar-refractivity contribution in [3.05, 3.63) is 6.10 Å². The molecule has 4 atom stereocenters. The molecule has 1 rings (SSSR count). The third kappa shape index (κ3) is 1.88. The van der Waals surface area contributed by atoms with Crippen LogP contribution in [0.5, 0.6) is 0 Å². The molecular formula is C8H13O5. The standard InChI is InChI=1S/C8H13O5/c1-3(9)8-7(12)6(11)5(10)4(2)13-8/h4-7,10-12H,1-2H3/t4-,5-,6+,7+/m1/s1. The third-order valence-corrected chi connectivity index (χ3v) is 2.08. The lowest BCUT2D eigenvalue weighted by Crippen LogP contribution is -2.54. The van der Waals surface area contributed by atoms with Gasteiger partial charge in [-0.05, 0) is 13.8 Å². The van der Waals surface area contributed by atoms with Crippen LogP contribution in [-0.2, 0) is 9.53 Å². The summed E-state index contributed by atoms with van der Waals surface area (Å²) >= 11 is 0. The molecule has 1 aliphatic heterocycles. The van der Waals surface area contributed by atoms with E-state index in [2.05, 4.69) is 0 Å². The van der Waals surface area contributed by atoms with Gasteiger partial charge in [-0.2, -0.15) is 0 Å². The zero-order chi connectivity index (χ0) is 10.2. The molecule has 0 aromatic heterocycles. The highest BCUT2D eigenvalue weighted by atomic mass is 16.5. The second-order valence-corrected chi connectivity index (χ2v) is 3.17. The number of Topliss-reactive ketones (excluding diaryl/α,β-unsaturated/α-hetero) is 1. The van der Waals surface area contributed by atoms with E-state index in [1.54, 1.807) is 0 Å². The van der Waals surface area contributed by atoms with Crippen LogP contribution in [-0.4, -0.2) is 45.5 Å². The first-order valence-corrected chi connectivity index (χ1v) is 4.03. The maximum Gasteiger partial charge on any atom is 0.193 e. The summed E-state index contributed by atoms with van der Waals surface area (Å²) in [4.78, 5) is 10.9. The van der Waals surface area contributed by atoms with Crippen LogP contribution in [0.15, 0.2) is 0 Å². The fourth-order valence-electron chi connectivity index (χ4n) is 1.25. The number of ether oxygens (including phenoxy) is 1. The first-order valence-electron chi connectivity index (χ1n) is 4.03. The monoisotopic (exact) mass is 189 g/mol. The predicted molar refractivity (Wildman–Crippen MR) is 42.5 cm³/mol. The lowest BCUT2D eigenvalue weighted by atomic mass is 9.94. The van der Waals surface area contributed by atoms with Gasteiger partial charge in [-0.3, -0.25) is 4.79 Å². The first kappa shape index (κ1) is 10.6. The summed E-state index contributed by atoms with van der Waals surface area (Å²) in [7, 11) is 0. The molecule has 0 aliphatic carbocycles. The molecule has 0 unspecified atom stereocenters. The average Bonchev–Trinajstić information content (AvgIpc) is 2.07. The van der Waals surface area contributed by atoms with E-state index in [0.29, 0.717) is 0 Å². The van der Waals surface area contributed by atoms with Crippen molar-refractivity contribution >= 4 is 5.78 Å². The van der Waals surface area contributed by atoms with E-state index in [9.17, 15) is 20.1 Å². The van der Waals surface area contributed by atoms with Crippen LogP contribution in [0, 0.1) is 6.10 Å². The zero-order valence-electron chi connectivity index (χ0n) is 7.47. The highest BCUT2D eigenvalue weighted by Crippen LogP contribution is 2.26. The van der Waals surface area contributed by atoms with Crippen molar-refractivity contribution in [3.8, 4) is 0 Å². The van der Waals surface area contributed by atoms with Gasteiger partial charge >= 0.3 is 0 Å². The molecule has 75 valence electrons. The summed E-state index contributed by atoms with van der Waals surface area (Å²) in [5, 5.41) is 27.8. The Morgan fingerprint density at radius 1 is 1.31 bits per heavy atom. The van der Waals surface area contributed by atoms with Crippen LogP contribution in [0.1, 0.15) is 13.8 Å². The molecule has 0 bridgehead atoms. The smallest absolute Gasteiger partial charge is 0.193 e. The molecule has 1 radical (unpaired) electrons. The summed E-state index contributed by atoms with van der Waals surface area (Å²) < 4.78 is 4.95. The Kier molecular flexibility index (Phi) is 3.02. The van der Waals surface area contributed by atoms with E-state index in [1.807, 2.05) is 0 Å². The van der Waals surface area contributed by atoms with Crippen LogP contribution in [0.2, 0.25) is 0 Å². The maximum absolute atomic E-state index is 10.9. The summed E-state index contributed by atoms with van der Waals surface area (Å²) in [6.45, 7) is 2.75. The molecule has 3 N–H and O–H groups in total.